The summed E-state index contributed by atoms with van der Waals surface area (Å²) < 4.78 is 10.2. The van der Waals surface area contributed by atoms with Gasteiger partial charge >= 0.3 is 5.97 Å². The van der Waals surface area contributed by atoms with Crippen LogP contribution in [0.25, 0.3) is 0 Å². The van der Waals surface area contributed by atoms with Crippen LogP contribution in [0, 0.1) is 0 Å². The highest BCUT2D eigenvalue weighted by molar-refractivity contribution is 5.98. The molecule has 8 nitrogen and oxygen atoms in total. The Hall–Kier alpha value is -3.68. The highest BCUT2D eigenvalue weighted by Crippen LogP contribution is 2.15. The van der Waals surface area contributed by atoms with Gasteiger partial charge in [0.05, 0.1) is 5.56 Å². The minimum atomic E-state index is -1.04. The quantitative estimate of drug-likeness (QED) is 0.529. The highest BCUT2D eigenvalue weighted by Gasteiger charge is 2.19. The molecule has 0 bridgehead atoms. The first-order valence-electron chi connectivity index (χ1n) is 8.40. The highest BCUT2D eigenvalue weighted by atomic mass is 16.5. The van der Waals surface area contributed by atoms with Crippen LogP contribution in [0.15, 0.2) is 48.5 Å². The van der Waals surface area contributed by atoms with E-state index in [1.807, 2.05) is 0 Å². The summed E-state index contributed by atoms with van der Waals surface area (Å²) in [6, 6.07) is 12.2. The molecule has 2 rings (SSSR count). The number of amides is 2. The summed E-state index contributed by atoms with van der Waals surface area (Å²) in [4.78, 5) is 46.3. The Morgan fingerprint density at radius 2 is 1.54 bits per heavy atom. The van der Waals surface area contributed by atoms with E-state index in [4.69, 9.17) is 15.2 Å². The lowest BCUT2D eigenvalue weighted by Gasteiger charge is -2.14. The van der Waals surface area contributed by atoms with Crippen molar-refractivity contribution in [2.75, 3.05) is 11.9 Å². The Morgan fingerprint density at radius 1 is 0.964 bits per heavy atom. The molecule has 0 aliphatic heterocycles. The Bertz CT molecular complexity index is 875. The third-order valence-electron chi connectivity index (χ3n) is 3.68. The van der Waals surface area contributed by atoms with Crippen molar-refractivity contribution in [3.63, 3.8) is 0 Å². The van der Waals surface area contributed by atoms with Crippen LogP contribution in [-0.2, 0) is 14.3 Å². The normalized spacial score (nSPS) is 11.2. The number of nitrogens with one attached hydrogen (secondary N) is 1. The summed E-state index contributed by atoms with van der Waals surface area (Å²) >= 11 is 0. The maximum absolute atomic E-state index is 12.2. The first-order chi connectivity index (χ1) is 13.3. The zero-order valence-corrected chi connectivity index (χ0v) is 15.4. The molecule has 146 valence electrons. The fraction of sp³-hybridized carbons (Fsp3) is 0.200. The van der Waals surface area contributed by atoms with E-state index >= 15 is 0 Å². The van der Waals surface area contributed by atoms with Crippen molar-refractivity contribution in [2.45, 2.75) is 20.0 Å². The van der Waals surface area contributed by atoms with Gasteiger partial charge in [0.25, 0.3) is 11.8 Å². The van der Waals surface area contributed by atoms with Gasteiger partial charge in [-0.15, -0.1) is 0 Å². The number of esters is 1. The molecule has 2 aromatic carbocycles. The number of hydrogen-bond acceptors (Lipinski definition) is 6. The van der Waals surface area contributed by atoms with Crippen molar-refractivity contribution < 1.29 is 28.7 Å². The Morgan fingerprint density at radius 3 is 2.07 bits per heavy atom. The number of ketones is 1. The van der Waals surface area contributed by atoms with Gasteiger partial charge in [-0.2, -0.15) is 0 Å². The molecule has 28 heavy (non-hydrogen) atoms. The van der Waals surface area contributed by atoms with E-state index in [-0.39, 0.29) is 18.0 Å². The summed E-state index contributed by atoms with van der Waals surface area (Å²) in [5.74, 6) is -1.51. The Kier molecular flexibility index (Phi) is 6.86. The molecular formula is C20H20N2O6. The first kappa shape index (κ1) is 20.6. The van der Waals surface area contributed by atoms with Crippen molar-refractivity contribution in [3.8, 4) is 5.75 Å². The van der Waals surface area contributed by atoms with Crippen molar-refractivity contribution in [1.82, 2.24) is 0 Å². The van der Waals surface area contributed by atoms with E-state index in [0.29, 0.717) is 17.0 Å². The minimum Gasteiger partial charge on any atom is -0.484 e. The number of ether oxygens (including phenoxy) is 2. The van der Waals surface area contributed by atoms with E-state index in [9.17, 15) is 19.2 Å². The SMILES string of the molecule is CC(=O)c1ccc(NC(=O)C(C)OC(=O)c2ccc(OCC(N)=O)cc2)cc1. The summed E-state index contributed by atoms with van der Waals surface area (Å²) in [6.07, 6.45) is -1.04. The maximum Gasteiger partial charge on any atom is 0.338 e. The van der Waals surface area contributed by atoms with Crippen LogP contribution >= 0.6 is 0 Å². The lowest BCUT2D eigenvalue weighted by Crippen LogP contribution is -2.30. The molecule has 8 heteroatoms. The number of carbonyl (C=O) groups is 4. The molecule has 3 N–H and O–H groups in total. The van der Waals surface area contributed by atoms with Crippen LogP contribution in [0.4, 0.5) is 5.69 Å². The number of rotatable bonds is 8. The monoisotopic (exact) mass is 384 g/mol. The summed E-state index contributed by atoms with van der Waals surface area (Å²) in [7, 11) is 0. The maximum atomic E-state index is 12.2. The van der Waals surface area contributed by atoms with Crippen LogP contribution in [0.5, 0.6) is 5.75 Å². The third kappa shape index (κ3) is 5.94. The van der Waals surface area contributed by atoms with Gasteiger partial charge in [-0.1, -0.05) is 0 Å². The van der Waals surface area contributed by atoms with Gasteiger partial charge in [-0.05, 0) is 62.4 Å². The number of nitrogens with two attached hydrogens (primary N) is 1. The average molecular weight is 384 g/mol. The molecule has 2 amide bonds. The topological polar surface area (TPSA) is 125 Å². The van der Waals surface area contributed by atoms with Gasteiger partial charge in [0.15, 0.2) is 18.5 Å². The molecule has 0 saturated carbocycles. The molecule has 0 radical (unpaired) electrons. The molecule has 0 spiro atoms. The van der Waals surface area contributed by atoms with Crippen molar-refractivity contribution in [1.29, 1.82) is 0 Å². The van der Waals surface area contributed by atoms with Gasteiger partial charge < -0.3 is 20.5 Å². The van der Waals surface area contributed by atoms with Crippen molar-refractivity contribution in [3.05, 3.63) is 59.7 Å². The summed E-state index contributed by atoms with van der Waals surface area (Å²) in [6.45, 7) is 2.63. The predicted octanol–water partition coefficient (Wildman–Crippen LogP) is 1.94. The number of Topliss-reactive ketones (excluding diaryl/α,β-unsaturated/α-hetero) is 1. The molecule has 0 aliphatic carbocycles. The van der Waals surface area contributed by atoms with E-state index < -0.39 is 23.9 Å². The van der Waals surface area contributed by atoms with Gasteiger partial charge in [-0.3, -0.25) is 14.4 Å². The number of hydrogen-bond donors (Lipinski definition) is 2. The Labute approximate surface area is 161 Å². The lowest BCUT2D eigenvalue weighted by molar-refractivity contribution is -0.123. The average Bonchev–Trinajstić information content (AvgIpc) is 2.67. The molecule has 0 heterocycles. The second-order valence-electron chi connectivity index (χ2n) is 5.95. The van der Waals surface area contributed by atoms with E-state index in [0.717, 1.165) is 0 Å². The van der Waals surface area contributed by atoms with Crippen LogP contribution in [0.1, 0.15) is 34.6 Å². The standard InChI is InChI=1S/C20H20N2O6/c1-12(23)14-3-7-16(8-4-14)22-19(25)13(2)28-20(26)15-5-9-17(10-6-15)27-11-18(21)24/h3-10,13H,11H2,1-2H3,(H2,21,24)(H,22,25). The number of primary amides is 1. The van der Waals surface area contributed by atoms with Crippen LogP contribution in [0.2, 0.25) is 0 Å². The van der Waals surface area contributed by atoms with Gasteiger partial charge in [-0.25, -0.2) is 4.79 Å². The number of carbonyl (C=O) groups excluding carboxylic acids is 4. The molecular weight excluding hydrogens is 364 g/mol. The van der Waals surface area contributed by atoms with Crippen molar-refractivity contribution in [2.24, 2.45) is 5.73 Å². The number of anilines is 1. The zero-order chi connectivity index (χ0) is 20.7. The first-order valence-corrected chi connectivity index (χ1v) is 8.40. The van der Waals surface area contributed by atoms with Gasteiger partial charge in [0.2, 0.25) is 0 Å². The number of benzene rings is 2. The van der Waals surface area contributed by atoms with Gasteiger partial charge in [0, 0.05) is 11.3 Å². The lowest BCUT2D eigenvalue weighted by atomic mass is 10.1. The molecule has 1 atom stereocenters. The Balaban J connectivity index is 1.90. The second kappa shape index (κ2) is 9.31. The van der Waals surface area contributed by atoms with Crippen LogP contribution < -0.4 is 15.8 Å². The van der Waals surface area contributed by atoms with Crippen molar-refractivity contribution >= 4 is 29.3 Å². The molecule has 2 aromatic rings. The third-order valence-corrected chi connectivity index (χ3v) is 3.68. The van der Waals surface area contributed by atoms with Gasteiger partial charge in [0.1, 0.15) is 5.75 Å². The van der Waals surface area contributed by atoms with E-state index in [1.54, 1.807) is 24.3 Å². The fourth-order valence-corrected chi connectivity index (χ4v) is 2.16. The summed E-state index contributed by atoms with van der Waals surface area (Å²) in [5.41, 5.74) is 6.21. The van der Waals surface area contributed by atoms with E-state index in [2.05, 4.69) is 5.32 Å². The summed E-state index contributed by atoms with van der Waals surface area (Å²) in [5, 5.41) is 2.61. The molecule has 0 saturated heterocycles. The predicted molar refractivity (Wildman–Crippen MR) is 101 cm³/mol. The second-order valence-corrected chi connectivity index (χ2v) is 5.95. The molecule has 1 unspecified atom stereocenters. The largest absolute Gasteiger partial charge is 0.484 e. The van der Waals surface area contributed by atoms with E-state index in [1.165, 1.54) is 38.1 Å². The molecule has 0 fully saturated rings. The fourth-order valence-electron chi connectivity index (χ4n) is 2.16. The van der Waals surface area contributed by atoms with Crippen LogP contribution in [-0.4, -0.2) is 36.3 Å². The molecule has 0 aromatic heterocycles. The minimum absolute atomic E-state index is 0.0776. The smallest absolute Gasteiger partial charge is 0.338 e. The molecule has 0 aliphatic rings. The van der Waals surface area contributed by atoms with Crippen LogP contribution in [0.3, 0.4) is 0 Å². The zero-order valence-electron chi connectivity index (χ0n) is 15.4.